The van der Waals surface area contributed by atoms with Gasteiger partial charge in [-0.1, -0.05) is 42.7 Å². The third-order valence-electron chi connectivity index (χ3n) is 3.91. The smallest absolute Gasteiger partial charge is 0.0499 e. The Morgan fingerprint density at radius 1 is 1.29 bits per heavy atom. The van der Waals surface area contributed by atoms with E-state index in [-0.39, 0.29) is 5.41 Å². The SMILES string of the molecule is Cc1cccc(CNCC2(CO)CCCC2)c1. The maximum Gasteiger partial charge on any atom is 0.0499 e. The highest BCUT2D eigenvalue weighted by Gasteiger charge is 2.32. The lowest BCUT2D eigenvalue weighted by molar-refractivity contribution is 0.128. The van der Waals surface area contributed by atoms with Gasteiger partial charge in [0.05, 0.1) is 0 Å². The second-order valence-electron chi connectivity index (χ2n) is 5.46. The van der Waals surface area contributed by atoms with Crippen LogP contribution in [0.25, 0.3) is 0 Å². The van der Waals surface area contributed by atoms with Crippen LogP contribution in [0, 0.1) is 12.3 Å². The zero-order valence-corrected chi connectivity index (χ0v) is 10.7. The molecule has 1 aliphatic rings. The predicted molar refractivity (Wildman–Crippen MR) is 70.9 cm³/mol. The van der Waals surface area contributed by atoms with Crippen molar-refractivity contribution in [2.75, 3.05) is 13.2 Å². The highest BCUT2D eigenvalue weighted by atomic mass is 16.3. The van der Waals surface area contributed by atoms with Crippen LogP contribution in [0.4, 0.5) is 0 Å². The molecule has 0 spiro atoms. The molecule has 0 aromatic heterocycles. The third-order valence-corrected chi connectivity index (χ3v) is 3.91. The van der Waals surface area contributed by atoms with Crippen LogP contribution < -0.4 is 5.32 Å². The molecule has 2 rings (SSSR count). The lowest BCUT2D eigenvalue weighted by Gasteiger charge is -2.26. The van der Waals surface area contributed by atoms with Crippen molar-refractivity contribution in [3.05, 3.63) is 35.4 Å². The van der Waals surface area contributed by atoms with E-state index in [0.29, 0.717) is 6.61 Å². The van der Waals surface area contributed by atoms with Crippen LogP contribution in [-0.2, 0) is 6.54 Å². The van der Waals surface area contributed by atoms with Crippen LogP contribution in [0.1, 0.15) is 36.8 Å². The molecule has 2 heteroatoms. The van der Waals surface area contributed by atoms with E-state index in [1.54, 1.807) is 0 Å². The van der Waals surface area contributed by atoms with E-state index in [4.69, 9.17) is 0 Å². The summed E-state index contributed by atoms with van der Waals surface area (Å²) in [5.41, 5.74) is 2.79. The van der Waals surface area contributed by atoms with Crippen molar-refractivity contribution in [3.63, 3.8) is 0 Å². The average molecular weight is 233 g/mol. The van der Waals surface area contributed by atoms with E-state index >= 15 is 0 Å². The molecule has 1 fully saturated rings. The van der Waals surface area contributed by atoms with Gasteiger partial charge in [0.25, 0.3) is 0 Å². The van der Waals surface area contributed by atoms with Crippen LogP contribution in [0.15, 0.2) is 24.3 Å². The molecule has 0 heterocycles. The molecule has 0 atom stereocenters. The number of aliphatic hydroxyl groups is 1. The van der Waals surface area contributed by atoms with E-state index in [1.165, 1.54) is 36.8 Å². The molecule has 1 saturated carbocycles. The highest BCUT2D eigenvalue weighted by Crippen LogP contribution is 2.36. The monoisotopic (exact) mass is 233 g/mol. The first-order valence-electron chi connectivity index (χ1n) is 6.61. The fraction of sp³-hybridized carbons (Fsp3) is 0.600. The maximum absolute atomic E-state index is 9.52. The summed E-state index contributed by atoms with van der Waals surface area (Å²) in [4.78, 5) is 0. The topological polar surface area (TPSA) is 32.3 Å². The van der Waals surface area contributed by atoms with E-state index in [9.17, 15) is 5.11 Å². The van der Waals surface area contributed by atoms with Gasteiger partial charge >= 0.3 is 0 Å². The molecule has 0 radical (unpaired) electrons. The number of aryl methyl sites for hydroxylation is 1. The summed E-state index contributed by atoms with van der Waals surface area (Å²) in [5, 5.41) is 13.0. The number of hydrogen-bond donors (Lipinski definition) is 2. The fourth-order valence-electron chi connectivity index (χ4n) is 2.81. The molecule has 0 unspecified atom stereocenters. The Hall–Kier alpha value is -0.860. The summed E-state index contributed by atoms with van der Waals surface area (Å²) in [6.45, 7) is 4.30. The number of rotatable bonds is 5. The van der Waals surface area contributed by atoms with Crippen molar-refractivity contribution in [2.45, 2.75) is 39.2 Å². The van der Waals surface area contributed by atoms with Crippen molar-refractivity contribution in [1.82, 2.24) is 5.32 Å². The highest BCUT2D eigenvalue weighted by molar-refractivity contribution is 5.21. The minimum Gasteiger partial charge on any atom is -0.396 e. The Morgan fingerprint density at radius 2 is 2.06 bits per heavy atom. The summed E-state index contributed by atoms with van der Waals surface area (Å²) < 4.78 is 0. The van der Waals surface area contributed by atoms with Crippen molar-refractivity contribution < 1.29 is 5.11 Å². The van der Waals surface area contributed by atoms with Crippen LogP contribution in [0.2, 0.25) is 0 Å². The van der Waals surface area contributed by atoms with E-state index < -0.39 is 0 Å². The number of benzene rings is 1. The zero-order valence-electron chi connectivity index (χ0n) is 10.7. The van der Waals surface area contributed by atoms with Crippen LogP contribution >= 0.6 is 0 Å². The van der Waals surface area contributed by atoms with Gasteiger partial charge in [-0.05, 0) is 25.3 Å². The third kappa shape index (κ3) is 3.30. The molecule has 1 aromatic carbocycles. The molecular formula is C15H23NO. The molecule has 0 amide bonds. The van der Waals surface area contributed by atoms with Crippen LogP contribution in [-0.4, -0.2) is 18.3 Å². The molecule has 2 nitrogen and oxygen atoms in total. The predicted octanol–water partition coefficient (Wildman–Crippen LogP) is 2.64. The standard InChI is InChI=1S/C15H23NO/c1-13-5-4-6-14(9-13)10-16-11-15(12-17)7-2-3-8-15/h4-6,9,16-17H,2-3,7-8,10-12H2,1H3. The van der Waals surface area contributed by atoms with E-state index in [0.717, 1.165) is 13.1 Å². The molecule has 0 saturated heterocycles. The van der Waals surface area contributed by atoms with Crippen molar-refractivity contribution in [3.8, 4) is 0 Å². The molecule has 0 bridgehead atoms. The van der Waals surface area contributed by atoms with Gasteiger partial charge in [0.15, 0.2) is 0 Å². The lowest BCUT2D eigenvalue weighted by atomic mass is 9.87. The van der Waals surface area contributed by atoms with Gasteiger partial charge in [0.1, 0.15) is 0 Å². The van der Waals surface area contributed by atoms with Gasteiger partial charge < -0.3 is 10.4 Å². The lowest BCUT2D eigenvalue weighted by Crippen LogP contribution is -2.34. The second-order valence-corrected chi connectivity index (χ2v) is 5.46. The van der Waals surface area contributed by atoms with Crippen molar-refractivity contribution >= 4 is 0 Å². The molecular weight excluding hydrogens is 210 g/mol. The Kier molecular flexibility index (Phi) is 4.19. The minimum atomic E-state index is 0.157. The zero-order chi connectivity index (χ0) is 12.1. The van der Waals surface area contributed by atoms with Gasteiger partial charge in [-0.15, -0.1) is 0 Å². The van der Waals surface area contributed by atoms with E-state index in [2.05, 4.69) is 36.5 Å². The molecule has 2 N–H and O–H groups in total. The van der Waals surface area contributed by atoms with Gasteiger partial charge in [0, 0.05) is 25.1 Å². The summed E-state index contributed by atoms with van der Waals surface area (Å²) in [7, 11) is 0. The largest absolute Gasteiger partial charge is 0.396 e. The fourth-order valence-corrected chi connectivity index (χ4v) is 2.81. The molecule has 94 valence electrons. The quantitative estimate of drug-likeness (QED) is 0.819. The molecule has 17 heavy (non-hydrogen) atoms. The summed E-state index contributed by atoms with van der Waals surface area (Å²) in [6.07, 6.45) is 4.88. The van der Waals surface area contributed by atoms with Crippen molar-refractivity contribution in [2.24, 2.45) is 5.41 Å². The Bertz CT molecular complexity index is 356. The summed E-state index contributed by atoms with van der Waals surface area (Å²) in [5.74, 6) is 0. The first-order chi connectivity index (χ1) is 8.24. The number of hydrogen-bond acceptors (Lipinski definition) is 2. The molecule has 0 aliphatic heterocycles. The van der Waals surface area contributed by atoms with Gasteiger partial charge in [-0.3, -0.25) is 0 Å². The first kappa shape index (κ1) is 12.6. The van der Waals surface area contributed by atoms with E-state index in [1.807, 2.05) is 0 Å². The molecule has 1 aliphatic carbocycles. The van der Waals surface area contributed by atoms with Gasteiger partial charge in [-0.2, -0.15) is 0 Å². The van der Waals surface area contributed by atoms with Gasteiger partial charge in [-0.25, -0.2) is 0 Å². The Balaban J connectivity index is 1.82. The Morgan fingerprint density at radius 3 is 2.71 bits per heavy atom. The first-order valence-corrected chi connectivity index (χ1v) is 6.61. The average Bonchev–Trinajstić information content (AvgIpc) is 2.79. The van der Waals surface area contributed by atoms with Gasteiger partial charge in [0.2, 0.25) is 0 Å². The van der Waals surface area contributed by atoms with Crippen molar-refractivity contribution in [1.29, 1.82) is 0 Å². The maximum atomic E-state index is 9.52. The second kappa shape index (κ2) is 5.65. The Labute approximate surface area is 104 Å². The van der Waals surface area contributed by atoms with Crippen LogP contribution in [0.5, 0.6) is 0 Å². The molecule has 1 aromatic rings. The van der Waals surface area contributed by atoms with Crippen LogP contribution in [0.3, 0.4) is 0 Å². The normalized spacial score (nSPS) is 18.5. The summed E-state index contributed by atoms with van der Waals surface area (Å²) >= 11 is 0. The summed E-state index contributed by atoms with van der Waals surface area (Å²) in [6, 6.07) is 8.59. The number of nitrogens with one attached hydrogen (secondary N) is 1. The minimum absolute atomic E-state index is 0.157. The number of aliphatic hydroxyl groups excluding tert-OH is 1.